The largest absolute Gasteiger partial charge is 0.493 e. The van der Waals surface area contributed by atoms with E-state index < -0.39 is 5.97 Å². The number of halogens is 2. The summed E-state index contributed by atoms with van der Waals surface area (Å²) >= 11 is 6.86. The van der Waals surface area contributed by atoms with Gasteiger partial charge in [-0.25, -0.2) is 9.78 Å². The van der Waals surface area contributed by atoms with E-state index in [-0.39, 0.29) is 5.69 Å². The molecule has 0 aliphatic heterocycles. The Morgan fingerprint density at radius 2 is 2.05 bits per heavy atom. The highest BCUT2D eigenvalue weighted by Gasteiger charge is 2.15. The standard InChI is InChI=1S/C13H11Br2NO3/c1-3-19-11-6-10(13(17)18-2)16-12-8(11)4-7(14)5-9(12)15/h4-6H,3H2,1-2H3. The maximum atomic E-state index is 11.6. The van der Waals surface area contributed by atoms with Crippen LogP contribution in [0.25, 0.3) is 10.9 Å². The highest BCUT2D eigenvalue weighted by molar-refractivity contribution is 9.11. The number of carbonyl (C=O) groups excluding carboxylic acids is 1. The lowest BCUT2D eigenvalue weighted by Gasteiger charge is -2.10. The molecule has 1 aromatic heterocycles. The summed E-state index contributed by atoms with van der Waals surface area (Å²) in [5, 5.41) is 0.829. The van der Waals surface area contributed by atoms with Gasteiger partial charge >= 0.3 is 5.97 Å². The zero-order chi connectivity index (χ0) is 14.0. The van der Waals surface area contributed by atoms with Crippen LogP contribution >= 0.6 is 31.9 Å². The summed E-state index contributed by atoms with van der Waals surface area (Å²) in [5.41, 5.74) is 0.885. The second kappa shape index (κ2) is 5.88. The van der Waals surface area contributed by atoms with Gasteiger partial charge in [-0.3, -0.25) is 0 Å². The number of fused-ring (bicyclic) bond motifs is 1. The Kier molecular flexibility index (Phi) is 4.42. The molecule has 2 aromatic rings. The Labute approximate surface area is 127 Å². The summed E-state index contributed by atoms with van der Waals surface area (Å²) < 4.78 is 12.0. The number of methoxy groups -OCH3 is 1. The predicted molar refractivity (Wildman–Crippen MR) is 79.7 cm³/mol. The van der Waals surface area contributed by atoms with Crippen LogP contribution in [0, 0.1) is 0 Å². The van der Waals surface area contributed by atoms with Crippen LogP contribution in [0.5, 0.6) is 5.75 Å². The normalized spacial score (nSPS) is 10.5. The Balaban J connectivity index is 2.75. The van der Waals surface area contributed by atoms with Gasteiger partial charge in [-0.15, -0.1) is 0 Å². The third-order valence-electron chi connectivity index (χ3n) is 2.49. The summed E-state index contributed by atoms with van der Waals surface area (Å²) in [6.45, 7) is 2.39. The van der Waals surface area contributed by atoms with Gasteiger partial charge in [0, 0.05) is 20.4 Å². The predicted octanol–water partition coefficient (Wildman–Crippen LogP) is 3.95. The zero-order valence-corrected chi connectivity index (χ0v) is 13.5. The second-order valence-corrected chi connectivity index (χ2v) is 5.48. The van der Waals surface area contributed by atoms with Crippen LogP contribution in [0.2, 0.25) is 0 Å². The number of ether oxygens (including phenoxy) is 2. The quantitative estimate of drug-likeness (QED) is 0.747. The molecule has 0 unspecified atom stereocenters. The van der Waals surface area contributed by atoms with E-state index in [0.29, 0.717) is 17.9 Å². The first kappa shape index (κ1) is 14.3. The van der Waals surface area contributed by atoms with Crippen molar-refractivity contribution in [2.24, 2.45) is 0 Å². The smallest absolute Gasteiger partial charge is 0.356 e. The SMILES string of the molecule is CCOc1cc(C(=O)OC)nc2c(Br)cc(Br)cc12. The summed E-state index contributed by atoms with van der Waals surface area (Å²) in [5.74, 6) is 0.118. The first-order chi connectivity index (χ1) is 9.06. The van der Waals surface area contributed by atoms with Crippen LogP contribution < -0.4 is 4.74 Å². The van der Waals surface area contributed by atoms with Crippen molar-refractivity contribution in [2.45, 2.75) is 6.92 Å². The van der Waals surface area contributed by atoms with Gasteiger partial charge in [0.2, 0.25) is 0 Å². The van der Waals surface area contributed by atoms with Crippen molar-refractivity contribution in [3.05, 3.63) is 32.8 Å². The lowest BCUT2D eigenvalue weighted by molar-refractivity contribution is 0.0594. The monoisotopic (exact) mass is 387 g/mol. The van der Waals surface area contributed by atoms with Crippen LogP contribution in [0.4, 0.5) is 0 Å². The van der Waals surface area contributed by atoms with Gasteiger partial charge in [-0.2, -0.15) is 0 Å². The van der Waals surface area contributed by atoms with Gasteiger partial charge in [0.15, 0.2) is 5.69 Å². The number of hydrogen-bond acceptors (Lipinski definition) is 4. The fraction of sp³-hybridized carbons (Fsp3) is 0.231. The summed E-state index contributed by atoms with van der Waals surface area (Å²) in [7, 11) is 1.32. The molecule has 0 bridgehead atoms. The van der Waals surface area contributed by atoms with E-state index in [1.165, 1.54) is 7.11 Å². The van der Waals surface area contributed by atoms with E-state index in [1.54, 1.807) is 6.07 Å². The van der Waals surface area contributed by atoms with E-state index in [2.05, 4.69) is 36.8 Å². The average Bonchev–Trinajstić information content (AvgIpc) is 2.38. The fourth-order valence-electron chi connectivity index (χ4n) is 1.71. The van der Waals surface area contributed by atoms with Gasteiger partial charge in [0.25, 0.3) is 0 Å². The molecular formula is C13H11Br2NO3. The van der Waals surface area contributed by atoms with Crippen molar-refractivity contribution in [3.63, 3.8) is 0 Å². The minimum atomic E-state index is -0.488. The van der Waals surface area contributed by atoms with Gasteiger partial charge in [0.05, 0.1) is 19.2 Å². The van der Waals surface area contributed by atoms with Crippen molar-refractivity contribution in [2.75, 3.05) is 13.7 Å². The molecule has 0 saturated carbocycles. The van der Waals surface area contributed by atoms with Gasteiger partial charge in [0.1, 0.15) is 5.75 Å². The van der Waals surface area contributed by atoms with Crippen LogP contribution in [0.1, 0.15) is 17.4 Å². The molecular weight excluding hydrogens is 378 g/mol. The van der Waals surface area contributed by atoms with E-state index in [1.807, 2.05) is 19.1 Å². The van der Waals surface area contributed by atoms with Crippen molar-refractivity contribution in [3.8, 4) is 5.75 Å². The van der Waals surface area contributed by atoms with E-state index in [9.17, 15) is 4.79 Å². The number of esters is 1. The minimum Gasteiger partial charge on any atom is -0.493 e. The van der Waals surface area contributed by atoms with Crippen molar-refractivity contribution in [1.29, 1.82) is 0 Å². The minimum absolute atomic E-state index is 0.224. The van der Waals surface area contributed by atoms with Crippen LogP contribution in [-0.4, -0.2) is 24.7 Å². The van der Waals surface area contributed by atoms with E-state index in [4.69, 9.17) is 9.47 Å². The number of rotatable bonds is 3. The topological polar surface area (TPSA) is 48.4 Å². The van der Waals surface area contributed by atoms with Crippen molar-refractivity contribution in [1.82, 2.24) is 4.98 Å². The second-order valence-electron chi connectivity index (χ2n) is 3.71. The number of nitrogens with zero attached hydrogens (tertiary/aromatic N) is 1. The first-order valence-electron chi connectivity index (χ1n) is 5.57. The molecule has 0 atom stereocenters. The molecule has 0 N–H and O–H groups in total. The van der Waals surface area contributed by atoms with Crippen molar-refractivity contribution >= 4 is 48.7 Å². The highest BCUT2D eigenvalue weighted by atomic mass is 79.9. The maximum Gasteiger partial charge on any atom is 0.356 e. The molecule has 19 heavy (non-hydrogen) atoms. The fourth-order valence-corrected chi connectivity index (χ4v) is 3.02. The Bertz CT molecular complexity index is 643. The number of hydrogen-bond donors (Lipinski definition) is 0. The Morgan fingerprint density at radius 3 is 2.68 bits per heavy atom. The molecule has 0 spiro atoms. The number of aromatic nitrogens is 1. The Morgan fingerprint density at radius 1 is 1.32 bits per heavy atom. The molecule has 0 amide bonds. The van der Waals surface area contributed by atoms with E-state index in [0.717, 1.165) is 14.3 Å². The summed E-state index contributed by atoms with van der Waals surface area (Å²) in [6.07, 6.45) is 0. The lowest BCUT2D eigenvalue weighted by atomic mass is 10.2. The molecule has 2 rings (SSSR count). The zero-order valence-electron chi connectivity index (χ0n) is 10.4. The van der Waals surface area contributed by atoms with Gasteiger partial charge < -0.3 is 9.47 Å². The van der Waals surface area contributed by atoms with E-state index >= 15 is 0 Å². The summed E-state index contributed by atoms with van der Waals surface area (Å²) in [4.78, 5) is 15.9. The van der Waals surface area contributed by atoms with Crippen LogP contribution in [0.15, 0.2) is 27.1 Å². The molecule has 100 valence electrons. The molecule has 1 heterocycles. The van der Waals surface area contributed by atoms with Crippen LogP contribution in [0.3, 0.4) is 0 Å². The third kappa shape index (κ3) is 2.90. The molecule has 6 heteroatoms. The van der Waals surface area contributed by atoms with Gasteiger partial charge in [-0.1, -0.05) is 15.9 Å². The lowest BCUT2D eigenvalue weighted by Crippen LogP contribution is -2.06. The number of carbonyl (C=O) groups is 1. The van der Waals surface area contributed by atoms with Gasteiger partial charge in [-0.05, 0) is 35.0 Å². The molecule has 4 nitrogen and oxygen atoms in total. The Hall–Kier alpha value is -1.14. The molecule has 0 aliphatic carbocycles. The highest BCUT2D eigenvalue weighted by Crippen LogP contribution is 2.33. The molecule has 1 aromatic carbocycles. The average molecular weight is 389 g/mol. The summed E-state index contributed by atoms with van der Waals surface area (Å²) in [6, 6.07) is 5.36. The van der Waals surface area contributed by atoms with Crippen LogP contribution in [-0.2, 0) is 4.74 Å². The molecule has 0 aliphatic rings. The molecule has 0 saturated heterocycles. The number of benzene rings is 1. The third-order valence-corrected chi connectivity index (χ3v) is 3.55. The van der Waals surface area contributed by atoms with Crippen molar-refractivity contribution < 1.29 is 14.3 Å². The molecule has 0 fully saturated rings. The first-order valence-corrected chi connectivity index (χ1v) is 7.16. The maximum absolute atomic E-state index is 11.6. The number of pyridine rings is 1. The molecule has 0 radical (unpaired) electrons.